The molecule has 5 heteroatoms. The number of hydrogen-bond acceptors (Lipinski definition) is 4. The first-order chi connectivity index (χ1) is 14.1. The number of anilines is 1. The zero-order chi connectivity index (χ0) is 20.6. The molecular formula is C24H21NO4. The van der Waals surface area contributed by atoms with E-state index < -0.39 is 5.97 Å². The van der Waals surface area contributed by atoms with Gasteiger partial charge in [-0.15, -0.1) is 0 Å². The zero-order valence-electron chi connectivity index (χ0n) is 16.2. The highest BCUT2D eigenvalue weighted by Crippen LogP contribution is 2.23. The third kappa shape index (κ3) is 4.90. The highest BCUT2D eigenvalue weighted by Gasteiger charge is 2.17. The van der Waals surface area contributed by atoms with Gasteiger partial charge in [-0.1, -0.05) is 54.6 Å². The SMILES string of the molecule is COC(=O)c1ccccc1NC(=O)/C(=C/c1ccc(OC)cc1)c1ccccc1. The fraction of sp³-hybridized carbons (Fsp3) is 0.0833. The van der Waals surface area contributed by atoms with Gasteiger partial charge in [-0.25, -0.2) is 4.79 Å². The number of amides is 1. The van der Waals surface area contributed by atoms with E-state index in [4.69, 9.17) is 9.47 Å². The first-order valence-electron chi connectivity index (χ1n) is 9.02. The maximum atomic E-state index is 13.1. The van der Waals surface area contributed by atoms with Crippen LogP contribution in [0.15, 0.2) is 78.9 Å². The molecule has 0 unspecified atom stereocenters. The number of carbonyl (C=O) groups excluding carboxylic acids is 2. The van der Waals surface area contributed by atoms with Crippen LogP contribution in [0.25, 0.3) is 11.6 Å². The van der Waals surface area contributed by atoms with Gasteiger partial charge >= 0.3 is 5.97 Å². The molecule has 0 aromatic heterocycles. The zero-order valence-corrected chi connectivity index (χ0v) is 16.2. The molecule has 1 N–H and O–H groups in total. The van der Waals surface area contributed by atoms with Crippen molar-refractivity contribution in [3.05, 3.63) is 95.6 Å². The molecule has 0 spiro atoms. The van der Waals surface area contributed by atoms with Gasteiger partial charge in [-0.2, -0.15) is 0 Å². The average molecular weight is 387 g/mol. The Kier molecular flexibility index (Phi) is 6.43. The third-order valence-electron chi connectivity index (χ3n) is 4.34. The van der Waals surface area contributed by atoms with E-state index in [1.165, 1.54) is 7.11 Å². The Morgan fingerprint density at radius 1 is 0.828 bits per heavy atom. The standard InChI is InChI=1S/C24H21NO4/c1-28-19-14-12-17(13-15-19)16-21(18-8-4-3-5-9-18)23(26)25-22-11-7-6-10-20(22)24(27)29-2/h3-16H,1-2H3,(H,25,26)/b21-16+. The van der Waals surface area contributed by atoms with Gasteiger partial charge in [0.25, 0.3) is 5.91 Å². The summed E-state index contributed by atoms with van der Waals surface area (Å²) in [5.41, 5.74) is 2.76. The molecule has 0 aliphatic carbocycles. The molecule has 0 heterocycles. The minimum absolute atomic E-state index is 0.292. The number of benzene rings is 3. The van der Waals surface area contributed by atoms with Gasteiger partial charge in [0.2, 0.25) is 0 Å². The Hall–Kier alpha value is -3.86. The largest absolute Gasteiger partial charge is 0.497 e. The van der Waals surface area contributed by atoms with Crippen molar-refractivity contribution < 1.29 is 19.1 Å². The minimum Gasteiger partial charge on any atom is -0.497 e. The lowest BCUT2D eigenvalue weighted by atomic mass is 10.0. The van der Waals surface area contributed by atoms with Crippen molar-refractivity contribution in [3.63, 3.8) is 0 Å². The van der Waals surface area contributed by atoms with E-state index in [1.54, 1.807) is 37.5 Å². The van der Waals surface area contributed by atoms with Gasteiger partial charge in [-0.3, -0.25) is 4.79 Å². The molecule has 146 valence electrons. The van der Waals surface area contributed by atoms with E-state index in [0.717, 1.165) is 16.9 Å². The minimum atomic E-state index is -0.513. The first kappa shape index (κ1) is 19.9. The van der Waals surface area contributed by atoms with Crippen LogP contribution in [0.3, 0.4) is 0 Å². The molecule has 1 amide bonds. The molecule has 0 bridgehead atoms. The lowest BCUT2D eigenvalue weighted by Crippen LogP contribution is -2.16. The highest BCUT2D eigenvalue weighted by molar-refractivity contribution is 6.29. The Bertz CT molecular complexity index is 1020. The fourth-order valence-corrected chi connectivity index (χ4v) is 2.83. The van der Waals surface area contributed by atoms with E-state index in [2.05, 4.69) is 5.32 Å². The van der Waals surface area contributed by atoms with E-state index in [9.17, 15) is 9.59 Å². The molecule has 0 aliphatic rings. The molecule has 0 radical (unpaired) electrons. The molecular weight excluding hydrogens is 366 g/mol. The monoisotopic (exact) mass is 387 g/mol. The fourth-order valence-electron chi connectivity index (χ4n) is 2.83. The maximum absolute atomic E-state index is 13.1. The quantitative estimate of drug-likeness (QED) is 0.380. The Morgan fingerprint density at radius 2 is 1.48 bits per heavy atom. The smallest absolute Gasteiger partial charge is 0.339 e. The number of nitrogens with one attached hydrogen (secondary N) is 1. The highest BCUT2D eigenvalue weighted by atomic mass is 16.5. The number of carbonyl (C=O) groups is 2. The van der Waals surface area contributed by atoms with Crippen molar-refractivity contribution in [3.8, 4) is 5.75 Å². The van der Waals surface area contributed by atoms with Crippen molar-refractivity contribution in [1.29, 1.82) is 0 Å². The Morgan fingerprint density at radius 3 is 2.14 bits per heavy atom. The summed E-state index contributed by atoms with van der Waals surface area (Å²) < 4.78 is 9.99. The molecule has 5 nitrogen and oxygen atoms in total. The van der Waals surface area contributed by atoms with Crippen LogP contribution in [0.4, 0.5) is 5.69 Å². The number of methoxy groups -OCH3 is 2. The molecule has 3 rings (SSSR count). The lowest BCUT2D eigenvalue weighted by Gasteiger charge is -2.12. The predicted octanol–water partition coefficient (Wildman–Crippen LogP) is 4.66. The maximum Gasteiger partial charge on any atom is 0.339 e. The Labute approximate surface area is 169 Å². The third-order valence-corrected chi connectivity index (χ3v) is 4.34. The van der Waals surface area contributed by atoms with Gasteiger partial charge in [0.1, 0.15) is 5.75 Å². The molecule has 0 atom stereocenters. The summed E-state index contributed by atoms with van der Waals surface area (Å²) in [5, 5.41) is 2.83. The van der Waals surface area contributed by atoms with Crippen molar-refractivity contribution in [2.75, 3.05) is 19.5 Å². The second-order valence-electron chi connectivity index (χ2n) is 6.19. The summed E-state index contributed by atoms with van der Waals surface area (Å²) in [4.78, 5) is 25.2. The van der Waals surface area contributed by atoms with Crippen LogP contribution < -0.4 is 10.1 Å². The lowest BCUT2D eigenvalue weighted by molar-refractivity contribution is -0.111. The molecule has 3 aromatic rings. The van der Waals surface area contributed by atoms with E-state index >= 15 is 0 Å². The molecule has 29 heavy (non-hydrogen) atoms. The summed E-state index contributed by atoms with van der Waals surface area (Å²) in [6.07, 6.45) is 1.80. The molecule has 3 aromatic carbocycles. The topological polar surface area (TPSA) is 64.6 Å². The summed E-state index contributed by atoms with van der Waals surface area (Å²) in [6, 6.07) is 23.5. The predicted molar refractivity (Wildman–Crippen MR) is 114 cm³/mol. The number of hydrogen-bond donors (Lipinski definition) is 1. The summed E-state index contributed by atoms with van der Waals surface area (Å²) in [6.45, 7) is 0. The second kappa shape index (κ2) is 9.37. The van der Waals surface area contributed by atoms with Crippen molar-refractivity contribution in [1.82, 2.24) is 0 Å². The molecule has 0 aliphatic heterocycles. The van der Waals surface area contributed by atoms with Crippen LogP contribution in [-0.4, -0.2) is 26.1 Å². The van der Waals surface area contributed by atoms with Crippen molar-refractivity contribution >= 4 is 29.2 Å². The summed E-state index contributed by atoms with van der Waals surface area (Å²) >= 11 is 0. The van der Waals surface area contributed by atoms with Gasteiger partial charge < -0.3 is 14.8 Å². The van der Waals surface area contributed by atoms with Gasteiger partial charge in [0, 0.05) is 5.57 Å². The van der Waals surface area contributed by atoms with Crippen LogP contribution in [0.1, 0.15) is 21.5 Å². The molecule has 0 fully saturated rings. The second-order valence-corrected chi connectivity index (χ2v) is 6.19. The van der Waals surface area contributed by atoms with Crippen LogP contribution in [0, 0.1) is 0 Å². The van der Waals surface area contributed by atoms with Crippen molar-refractivity contribution in [2.24, 2.45) is 0 Å². The van der Waals surface area contributed by atoms with Gasteiger partial charge in [0.05, 0.1) is 25.5 Å². The number of esters is 1. The van der Waals surface area contributed by atoms with Crippen LogP contribution in [0.2, 0.25) is 0 Å². The van der Waals surface area contributed by atoms with Crippen LogP contribution in [0.5, 0.6) is 5.75 Å². The molecule has 0 saturated heterocycles. The van der Waals surface area contributed by atoms with E-state index in [1.807, 2.05) is 54.6 Å². The number of para-hydroxylation sites is 1. The average Bonchev–Trinajstić information content (AvgIpc) is 2.78. The van der Waals surface area contributed by atoms with Crippen LogP contribution >= 0.6 is 0 Å². The van der Waals surface area contributed by atoms with Gasteiger partial charge in [0.15, 0.2) is 0 Å². The summed E-state index contributed by atoms with van der Waals surface area (Å²) in [5.74, 6) is -0.107. The first-order valence-corrected chi connectivity index (χ1v) is 9.02. The normalized spacial score (nSPS) is 10.9. The van der Waals surface area contributed by atoms with Crippen molar-refractivity contribution in [2.45, 2.75) is 0 Å². The van der Waals surface area contributed by atoms with E-state index in [0.29, 0.717) is 16.8 Å². The number of ether oxygens (including phenoxy) is 2. The molecule has 0 saturated carbocycles. The van der Waals surface area contributed by atoms with Gasteiger partial charge in [-0.05, 0) is 41.5 Å². The van der Waals surface area contributed by atoms with Crippen LogP contribution in [-0.2, 0) is 9.53 Å². The Balaban J connectivity index is 1.98. The summed E-state index contributed by atoms with van der Waals surface area (Å²) in [7, 11) is 2.91. The number of rotatable bonds is 6. The van der Waals surface area contributed by atoms with E-state index in [-0.39, 0.29) is 5.91 Å².